The van der Waals surface area contributed by atoms with Gasteiger partial charge in [-0.3, -0.25) is 4.79 Å². The number of hydrogen-bond acceptors (Lipinski definition) is 4. The van der Waals surface area contributed by atoms with E-state index in [0.717, 1.165) is 22.5 Å². The molecular weight excluding hydrogens is 311 g/mol. The van der Waals surface area contributed by atoms with E-state index in [-0.39, 0.29) is 29.6 Å². The van der Waals surface area contributed by atoms with Gasteiger partial charge in [0.1, 0.15) is 16.8 Å². The SMILES string of the molecule is NC(=O)[C@H]1CN(S(=O)(=O)c2cc(F)ccc2Cl)CCO1. The van der Waals surface area contributed by atoms with Crippen LogP contribution < -0.4 is 5.73 Å². The van der Waals surface area contributed by atoms with Gasteiger partial charge in [0.25, 0.3) is 0 Å². The van der Waals surface area contributed by atoms with Crippen LogP contribution in [-0.2, 0) is 19.6 Å². The highest BCUT2D eigenvalue weighted by atomic mass is 35.5. The number of primary amides is 1. The second-order valence-corrected chi connectivity index (χ2v) is 6.51. The monoisotopic (exact) mass is 322 g/mol. The molecule has 110 valence electrons. The van der Waals surface area contributed by atoms with Crippen LogP contribution in [0.25, 0.3) is 0 Å². The molecule has 20 heavy (non-hydrogen) atoms. The van der Waals surface area contributed by atoms with Crippen LogP contribution in [0.2, 0.25) is 5.02 Å². The minimum absolute atomic E-state index is 0.0276. The highest BCUT2D eigenvalue weighted by molar-refractivity contribution is 7.89. The van der Waals surface area contributed by atoms with Gasteiger partial charge in [0.15, 0.2) is 0 Å². The Bertz CT molecular complexity index is 637. The van der Waals surface area contributed by atoms with Crippen molar-refractivity contribution in [1.82, 2.24) is 4.31 Å². The Hall–Kier alpha value is -1.22. The minimum atomic E-state index is -4.01. The first-order chi connectivity index (χ1) is 9.32. The van der Waals surface area contributed by atoms with Gasteiger partial charge in [0, 0.05) is 13.1 Å². The molecule has 0 spiro atoms. The largest absolute Gasteiger partial charge is 0.367 e. The standard InChI is InChI=1S/C11H12ClFN2O4S/c12-8-2-1-7(13)5-10(8)20(17,18)15-3-4-19-9(6-15)11(14)16/h1-2,5,9H,3-4,6H2,(H2,14,16)/t9-/m1/s1. The molecule has 1 aliphatic rings. The number of nitrogens with two attached hydrogens (primary N) is 1. The van der Waals surface area contributed by atoms with Crippen molar-refractivity contribution < 1.29 is 22.3 Å². The van der Waals surface area contributed by atoms with Gasteiger partial charge in [-0.25, -0.2) is 12.8 Å². The normalized spacial score (nSPS) is 20.8. The molecule has 0 unspecified atom stereocenters. The lowest BCUT2D eigenvalue weighted by atomic mass is 10.3. The van der Waals surface area contributed by atoms with Crippen molar-refractivity contribution in [3.63, 3.8) is 0 Å². The topological polar surface area (TPSA) is 89.7 Å². The van der Waals surface area contributed by atoms with E-state index in [1.165, 1.54) is 0 Å². The van der Waals surface area contributed by atoms with Crippen molar-refractivity contribution in [3.8, 4) is 0 Å². The molecule has 0 bridgehead atoms. The first kappa shape index (κ1) is 15.2. The molecular formula is C11H12ClFN2O4S. The van der Waals surface area contributed by atoms with Gasteiger partial charge in [-0.1, -0.05) is 11.6 Å². The summed E-state index contributed by atoms with van der Waals surface area (Å²) < 4.78 is 44.1. The van der Waals surface area contributed by atoms with Crippen LogP contribution in [0.5, 0.6) is 0 Å². The molecule has 2 N–H and O–H groups in total. The third-order valence-electron chi connectivity index (χ3n) is 2.86. The number of sulfonamides is 1. The Morgan fingerprint density at radius 3 is 2.85 bits per heavy atom. The second kappa shape index (κ2) is 5.65. The fourth-order valence-electron chi connectivity index (χ4n) is 1.83. The summed E-state index contributed by atoms with van der Waals surface area (Å²) >= 11 is 5.80. The predicted octanol–water partition coefficient (Wildman–Crippen LogP) is 0.354. The number of benzene rings is 1. The van der Waals surface area contributed by atoms with Gasteiger partial charge in [-0.2, -0.15) is 4.31 Å². The summed E-state index contributed by atoms with van der Waals surface area (Å²) in [7, 11) is -4.01. The lowest BCUT2D eigenvalue weighted by Gasteiger charge is -2.30. The summed E-state index contributed by atoms with van der Waals surface area (Å²) in [5.74, 6) is -1.47. The maximum atomic E-state index is 13.2. The summed E-state index contributed by atoms with van der Waals surface area (Å²) in [6.45, 7) is -0.150. The fourth-order valence-corrected chi connectivity index (χ4v) is 3.74. The number of rotatable bonds is 3. The average Bonchev–Trinajstić information content (AvgIpc) is 2.41. The van der Waals surface area contributed by atoms with Crippen LogP contribution in [0, 0.1) is 5.82 Å². The molecule has 9 heteroatoms. The molecule has 1 atom stereocenters. The van der Waals surface area contributed by atoms with E-state index in [9.17, 15) is 17.6 Å². The highest BCUT2D eigenvalue weighted by Gasteiger charge is 2.34. The zero-order valence-electron chi connectivity index (χ0n) is 10.3. The Kier molecular flexibility index (Phi) is 4.28. The van der Waals surface area contributed by atoms with Crippen molar-refractivity contribution in [1.29, 1.82) is 0 Å². The summed E-state index contributed by atoms with van der Waals surface area (Å²) in [5.41, 5.74) is 5.09. The van der Waals surface area contributed by atoms with E-state index in [1.807, 2.05) is 0 Å². The maximum absolute atomic E-state index is 13.2. The minimum Gasteiger partial charge on any atom is -0.367 e. The molecule has 0 radical (unpaired) electrons. The molecule has 0 aliphatic carbocycles. The molecule has 1 aliphatic heterocycles. The summed E-state index contributed by atoms with van der Waals surface area (Å²) in [6.07, 6.45) is -1.02. The number of carbonyl (C=O) groups is 1. The zero-order chi connectivity index (χ0) is 14.9. The number of carbonyl (C=O) groups excluding carboxylic acids is 1. The quantitative estimate of drug-likeness (QED) is 0.869. The van der Waals surface area contributed by atoms with Crippen LogP contribution in [-0.4, -0.2) is 44.4 Å². The van der Waals surface area contributed by atoms with E-state index < -0.39 is 27.9 Å². The number of morpholine rings is 1. The van der Waals surface area contributed by atoms with Crippen molar-refractivity contribution >= 4 is 27.5 Å². The third-order valence-corrected chi connectivity index (χ3v) is 5.20. The number of hydrogen-bond donors (Lipinski definition) is 1. The van der Waals surface area contributed by atoms with Crippen LogP contribution >= 0.6 is 11.6 Å². The van der Waals surface area contributed by atoms with Crippen LogP contribution in [0.15, 0.2) is 23.1 Å². The third kappa shape index (κ3) is 2.93. The molecule has 1 aromatic carbocycles. The molecule has 0 saturated carbocycles. The van der Waals surface area contributed by atoms with Crippen molar-refractivity contribution in [2.75, 3.05) is 19.7 Å². The van der Waals surface area contributed by atoms with Crippen molar-refractivity contribution in [3.05, 3.63) is 29.0 Å². The highest BCUT2D eigenvalue weighted by Crippen LogP contribution is 2.26. The molecule has 1 amide bonds. The summed E-state index contributed by atoms with van der Waals surface area (Å²) in [4.78, 5) is 10.7. The first-order valence-corrected chi connectivity index (χ1v) is 7.50. The van der Waals surface area contributed by atoms with Gasteiger partial charge in [0.2, 0.25) is 15.9 Å². The van der Waals surface area contributed by atoms with Crippen LogP contribution in [0.4, 0.5) is 4.39 Å². The van der Waals surface area contributed by atoms with Crippen molar-refractivity contribution in [2.24, 2.45) is 5.73 Å². The van der Waals surface area contributed by atoms with E-state index in [4.69, 9.17) is 22.1 Å². The molecule has 1 fully saturated rings. The lowest BCUT2D eigenvalue weighted by molar-refractivity contribution is -0.132. The van der Waals surface area contributed by atoms with Gasteiger partial charge < -0.3 is 10.5 Å². The van der Waals surface area contributed by atoms with Crippen molar-refractivity contribution in [2.45, 2.75) is 11.0 Å². The molecule has 0 aromatic heterocycles. The lowest BCUT2D eigenvalue weighted by Crippen LogP contribution is -2.50. The number of nitrogens with zero attached hydrogens (tertiary/aromatic N) is 1. The van der Waals surface area contributed by atoms with Gasteiger partial charge in [-0.05, 0) is 18.2 Å². The Morgan fingerprint density at radius 1 is 1.50 bits per heavy atom. The average molecular weight is 323 g/mol. The van der Waals surface area contributed by atoms with Gasteiger partial charge in [-0.15, -0.1) is 0 Å². The van der Waals surface area contributed by atoms with Gasteiger partial charge >= 0.3 is 0 Å². The molecule has 1 aromatic rings. The second-order valence-electron chi connectivity index (χ2n) is 4.20. The molecule has 1 heterocycles. The van der Waals surface area contributed by atoms with Crippen LogP contribution in [0.3, 0.4) is 0 Å². The van der Waals surface area contributed by atoms with E-state index in [1.54, 1.807) is 0 Å². The number of ether oxygens (including phenoxy) is 1. The zero-order valence-corrected chi connectivity index (χ0v) is 11.8. The number of halogens is 2. The Morgan fingerprint density at radius 2 is 2.20 bits per heavy atom. The molecule has 6 nitrogen and oxygen atoms in total. The van der Waals surface area contributed by atoms with Crippen LogP contribution in [0.1, 0.15) is 0 Å². The Labute approximate surface area is 120 Å². The predicted molar refractivity (Wildman–Crippen MR) is 69.1 cm³/mol. The maximum Gasteiger partial charge on any atom is 0.247 e. The van der Waals surface area contributed by atoms with E-state index in [2.05, 4.69) is 0 Å². The summed E-state index contributed by atoms with van der Waals surface area (Å²) in [5, 5.41) is -0.0893. The van der Waals surface area contributed by atoms with E-state index >= 15 is 0 Å². The number of amides is 1. The molecule has 1 saturated heterocycles. The molecule has 2 rings (SSSR count). The first-order valence-electron chi connectivity index (χ1n) is 5.68. The fraction of sp³-hybridized carbons (Fsp3) is 0.364. The summed E-state index contributed by atoms with van der Waals surface area (Å²) in [6, 6.07) is 3.06. The van der Waals surface area contributed by atoms with E-state index in [0.29, 0.717) is 0 Å². The smallest absolute Gasteiger partial charge is 0.247 e. The Balaban J connectivity index is 2.35. The van der Waals surface area contributed by atoms with Gasteiger partial charge in [0.05, 0.1) is 11.6 Å².